The molecule has 0 amide bonds. The van der Waals surface area contributed by atoms with Crippen molar-refractivity contribution < 1.29 is 5.11 Å². The zero-order valence-corrected chi connectivity index (χ0v) is 8.77. The number of aliphatic hydroxyl groups excluding tert-OH is 1. The fraction of sp³-hybridized carbons (Fsp3) is 0.700. The Kier molecular flexibility index (Phi) is 4.46. The summed E-state index contributed by atoms with van der Waals surface area (Å²) >= 11 is 0. The van der Waals surface area contributed by atoms with Crippen molar-refractivity contribution in [3.05, 3.63) is 17.7 Å². The first-order chi connectivity index (χ1) is 6.72. The smallest absolute Gasteiger partial charge is 0.151 e. The van der Waals surface area contributed by atoms with Crippen molar-refractivity contribution in [1.82, 2.24) is 15.2 Å². The third-order valence-corrected chi connectivity index (χ3v) is 1.83. The summed E-state index contributed by atoms with van der Waals surface area (Å²) in [4.78, 5) is 4.37. The normalized spacial score (nSPS) is 10.9. The van der Waals surface area contributed by atoms with Crippen LogP contribution in [0.3, 0.4) is 0 Å². The predicted octanol–water partition coefficient (Wildman–Crippen LogP) is 0.995. The highest BCUT2D eigenvalue weighted by Gasteiger charge is 2.02. The maximum absolute atomic E-state index is 8.67. The van der Waals surface area contributed by atoms with Crippen LogP contribution in [-0.2, 0) is 12.8 Å². The lowest BCUT2D eigenvalue weighted by molar-refractivity contribution is 0.287. The molecular weight excluding hydrogens is 178 g/mol. The number of rotatable bonds is 5. The summed E-state index contributed by atoms with van der Waals surface area (Å²) in [6.45, 7) is 4.47. The van der Waals surface area contributed by atoms with Crippen molar-refractivity contribution in [3.8, 4) is 0 Å². The third-order valence-electron chi connectivity index (χ3n) is 1.83. The van der Waals surface area contributed by atoms with Crippen LogP contribution in [0.2, 0.25) is 0 Å². The molecule has 1 rings (SSSR count). The molecular formula is C10H17N3O. The molecule has 4 nitrogen and oxygen atoms in total. The monoisotopic (exact) mass is 195 g/mol. The van der Waals surface area contributed by atoms with Crippen LogP contribution in [0.25, 0.3) is 0 Å². The number of aliphatic hydroxyl groups is 1. The molecule has 0 aliphatic carbocycles. The minimum absolute atomic E-state index is 0.178. The van der Waals surface area contributed by atoms with Crippen LogP contribution in [0.5, 0.6) is 0 Å². The van der Waals surface area contributed by atoms with Gasteiger partial charge in [-0.3, -0.25) is 0 Å². The second-order valence-corrected chi connectivity index (χ2v) is 3.79. The van der Waals surface area contributed by atoms with Gasteiger partial charge in [-0.2, -0.15) is 5.10 Å². The lowest BCUT2D eigenvalue weighted by Gasteiger charge is -2.04. The van der Waals surface area contributed by atoms with E-state index in [0.29, 0.717) is 18.8 Å². The summed E-state index contributed by atoms with van der Waals surface area (Å²) in [6, 6.07) is 0. The molecule has 14 heavy (non-hydrogen) atoms. The highest BCUT2D eigenvalue weighted by molar-refractivity contribution is 4.97. The van der Waals surface area contributed by atoms with Gasteiger partial charge in [0.05, 0.1) is 11.9 Å². The van der Waals surface area contributed by atoms with Gasteiger partial charge in [-0.25, -0.2) is 4.98 Å². The van der Waals surface area contributed by atoms with E-state index in [2.05, 4.69) is 29.0 Å². The Bertz CT molecular complexity index is 276. The highest BCUT2D eigenvalue weighted by atomic mass is 16.2. The van der Waals surface area contributed by atoms with E-state index >= 15 is 0 Å². The first-order valence-corrected chi connectivity index (χ1v) is 5.00. The number of nitrogens with zero attached hydrogens (tertiary/aromatic N) is 3. The molecule has 0 aromatic carbocycles. The molecule has 1 aromatic rings. The molecule has 78 valence electrons. The molecule has 1 aromatic heterocycles. The molecule has 0 atom stereocenters. The lowest BCUT2D eigenvalue weighted by Crippen LogP contribution is -2.05. The predicted molar refractivity (Wildman–Crippen MR) is 53.8 cm³/mol. The second-order valence-electron chi connectivity index (χ2n) is 3.79. The zero-order chi connectivity index (χ0) is 10.4. The summed E-state index contributed by atoms with van der Waals surface area (Å²) in [5.41, 5.74) is 0.989. The number of hydrogen-bond acceptors (Lipinski definition) is 4. The maximum atomic E-state index is 8.67. The summed E-state index contributed by atoms with van der Waals surface area (Å²) < 4.78 is 0. The van der Waals surface area contributed by atoms with E-state index in [1.165, 1.54) is 0 Å². The van der Waals surface area contributed by atoms with Gasteiger partial charge in [-0.15, -0.1) is 5.10 Å². The summed E-state index contributed by atoms with van der Waals surface area (Å²) in [5, 5.41) is 16.5. The van der Waals surface area contributed by atoms with E-state index in [0.717, 1.165) is 17.9 Å². The van der Waals surface area contributed by atoms with Gasteiger partial charge in [0.1, 0.15) is 0 Å². The van der Waals surface area contributed by atoms with Crippen molar-refractivity contribution in [2.24, 2.45) is 5.92 Å². The molecule has 0 saturated carbocycles. The van der Waals surface area contributed by atoms with Crippen LogP contribution < -0.4 is 0 Å². The van der Waals surface area contributed by atoms with Crippen molar-refractivity contribution in [2.75, 3.05) is 6.61 Å². The molecule has 1 N–H and O–H groups in total. The van der Waals surface area contributed by atoms with Crippen molar-refractivity contribution in [3.63, 3.8) is 0 Å². The lowest BCUT2D eigenvalue weighted by atomic mass is 10.1. The summed E-state index contributed by atoms with van der Waals surface area (Å²) in [6.07, 6.45) is 4.05. The Balaban J connectivity index is 2.59. The Labute approximate surface area is 84.4 Å². The molecule has 0 fully saturated rings. The minimum Gasteiger partial charge on any atom is -0.396 e. The molecule has 0 unspecified atom stereocenters. The van der Waals surface area contributed by atoms with E-state index in [9.17, 15) is 0 Å². The minimum atomic E-state index is 0.178. The van der Waals surface area contributed by atoms with Crippen LogP contribution in [-0.4, -0.2) is 26.9 Å². The van der Waals surface area contributed by atoms with Crippen LogP contribution >= 0.6 is 0 Å². The quantitative estimate of drug-likeness (QED) is 0.761. The van der Waals surface area contributed by atoms with Crippen molar-refractivity contribution in [1.29, 1.82) is 0 Å². The van der Waals surface area contributed by atoms with E-state index in [4.69, 9.17) is 5.11 Å². The van der Waals surface area contributed by atoms with E-state index < -0.39 is 0 Å². The first kappa shape index (κ1) is 11.0. The van der Waals surface area contributed by atoms with Crippen molar-refractivity contribution >= 4 is 0 Å². The Morgan fingerprint density at radius 1 is 1.43 bits per heavy atom. The van der Waals surface area contributed by atoms with Gasteiger partial charge >= 0.3 is 0 Å². The Morgan fingerprint density at radius 2 is 2.21 bits per heavy atom. The zero-order valence-electron chi connectivity index (χ0n) is 8.77. The van der Waals surface area contributed by atoms with Crippen LogP contribution in [0.4, 0.5) is 0 Å². The molecule has 1 heterocycles. The Hall–Kier alpha value is -1.03. The van der Waals surface area contributed by atoms with Crippen molar-refractivity contribution in [2.45, 2.75) is 33.1 Å². The standard InChI is InChI=1S/C10H17N3O/c1-8(2)6-9-7-11-13-10(12-9)4-3-5-14/h7-8,14H,3-6H2,1-2H3. The highest BCUT2D eigenvalue weighted by Crippen LogP contribution is 2.04. The average molecular weight is 195 g/mol. The molecule has 0 radical (unpaired) electrons. The Morgan fingerprint density at radius 3 is 2.86 bits per heavy atom. The maximum Gasteiger partial charge on any atom is 0.151 e. The second kappa shape index (κ2) is 5.65. The van der Waals surface area contributed by atoms with E-state index in [-0.39, 0.29) is 6.61 Å². The molecule has 0 aliphatic heterocycles. The van der Waals surface area contributed by atoms with Gasteiger partial charge in [0.2, 0.25) is 0 Å². The van der Waals surface area contributed by atoms with E-state index in [1.807, 2.05) is 0 Å². The van der Waals surface area contributed by atoms with Gasteiger partial charge in [-0.05, 0) is 18.8 Å². The van der Waals surface area contributed by atoms with Crippen LogP contribution in [0, 0.1) is 5.92 Å². The third kappa shape index (κ3) is 3.79. The van der Waals surface area contributed by atoms with Gasteiger partial charge < -0.3 is 5.11 Å². The fourth-order valence-corrected chi connectivity index (χ4v) is 1.24. The molecule has 0 bridgehead atoms. The molecule has 0 spiro atoms. The first-order valence-electron chi connectivity index (χ1n) is 5.00. The van der Waals surface area contributed by atoms with Gasteiger partial charge in [0.15, 0.2) is 5.82 Å². The largest absolute Gasteiger partial charge is 0.396 e. The topological polar surface area (TPSA) is 58.9 Å². The molecule has 4 heteroatoms. The molecule has 0 aliphatic rings. The molecule has 0 saturated heterocycles. The van der Waals surface area contributed by atoms with E-state index in [1.54, 1.807) is 6.20 Å². The van der Waals surface area contributed by atoms with Gasteiger partial charge in [0, 0.05) is 13.0 Å². The SMILES string of the molecule is CC(C)Cc1cnnc(CCCO)n1. The number of aryl methyl sites for hydroxylation is 1. The van der Waals surface area contributed by atoms with Gasteiger partial charge in [0.25, 0.3) is 0 Å². The number of aromatic nitrogens is 3. The average Bonchev–Trinajstić information content (AvgIpc) is 2.14. The summed E-state index contributed by atoms with van der Waals surface area (Å²) in [5.74, 6) is 1.31. The number of hydrogen-bond donors (Lipinski definition) is 1. The van der Waals surface area contributed by atoms with Gasteiger partial charge in [-0.1, -0.05) is 13.8 Å². The fourth-order valence-electron chi connectivity index (χ4n) is 1.24. The summed E-state index contributed by atoms with van der Waals surface area (Å²) in [7, 11) is 0. The van der Waals surface area contributed by atoms with Crippen LogP contribution in [0.1, 0.15) is 31.8 Å². The van der Waals surface area contributed by atoms with Crippen LogP contribution in [0.15, 0.2) is 6.20 Å².